The molecule has 1 unspecified atom stereocenters. The third-order valence-corrected chi connectivity index (χ3v) is 2.68. The minimum atomic E-state index is -0.364. The summed E-state index contributed by atoms with van der Waals surface area (Å²) in [6.45, 7) is 3.98. The monoisotopic (exact) mass is 228 g/mol. The molecule has 1 aromatic rings. The van der Waals surface area contributed by atoms with Crippen molar-refractivity contribution in [3.63, 3.8) is 0 Å². The number of hydrogen-bond donors (Lipinski definition) is 1. The summed E-state index contributed by atoms with van der Waals surface area (Å²) in [5.74, 6) is 1.01. The van der Waals surface area contributed by atoms with Crippen LogP contribution < -0.4 is 4.74 Å². The molecular weight excluding hydrogens is 212 g/mol. The molecule has 0 saturated carbocycles. The van der Waals surface area contributed by atoms with E-state index in [0.717, 1.165) is 11.3 Å². The van der Waals surface area contributed by atoms with Crippen molar-refractivity contribution in [2.45, 2.75) is 26.4 Å². The lowest BCUT2D eigenvalue weighted by atomic mass is 9.99. The van der Waals surface area contributed by atoms with Crippen LogP contribution in [0.25, 0.3) is 0 Å². The van der Waals surface area contributed by atoms with E-state index in [9.17, 15) is 5.11 Å². The maximum atomic E-state index is 9.79. The summed E-state index contributed by atoms with van der Waals surface area (Å²) in [7, 11) is 1.62. The molecule has 0 bridgehead atoms. The van der Waals surface area contributed by atoms with E-state index in [1.165, 1.54) is 0 Å². The van der Waals surface area contributed by atoms with Gasteiger partial charge >= 0.3 is 0 Å². The van der Waals surface area contributed by atoms with Crippen LogP contribution in [-0.2, 0) is 6.42 Å². The number of halogens is 1. The first-order chi connectivity index (χ1) is 7.04. The van der Waals surface area contributed by atoms with E-state index in [1.54, 1.807) is 13.2 Å². The number of benzene rings is 1. The molecule has 0 amide bonds. The first-order valence-corrected chi connectivity index (χ1v) is 5.43. The van der Waals surface area contributed by atoms with Gasteiger partial charge < -0.3 is 9.84 Å². The zero-order valence-corrected chi connectivity index (χ0v) is 10.1. The topological polar surface area (TPSA) is 29.5 Å². The normalized spacial score (nSPS) is 12.9. The highest BCUT2D eigenvalue weighted by atomic mass is 35.5. The molecule has 0 aliphatic carbocycles. The Bertz CT molecular complexity index is 323. The lowest BCUT2D eigenvalue weighted by Gasteiger charge is -2.16. The van der Waals surface area contributed by atoms with Crippen molar-refractivity contribution in [3.05, 3.63) is 28.8 Å². The predicted octanol–water partition coefficient (Wildman–Crippen LogP) is 2.91. The second-order valence-corrected chi connectivity index (χ2v) is 4.41. The van der Waals surface area contributed by atoms with E-state index < -0.39 is 0 Å². The third-order valence-electron chi connectivity index (χ3n) is 2.44. The van der Waals surface area contributed by atoms with Gasteiger partial charge in [0.05, 0.1) is 13.2 Å². The number of hydrogen-bond acceptors (Lipinski definition) is 2. The van der Waals surface area contributed by atoms with Crippen LogP contribution in [0.5, 0.6) is 5.75 Å². The molecule has 0 spiro atoms. The maximum Gasteiger partial charge on any atom is 0.122 e. The molecule has 1 N–H and O–H groups in total. The van der Waals surface area contributed by atoms with Crippen LogP contribution in [0.15, 0.2) is 18.2 Å². The van der Waals surface area contributed by atoms with Crippen LogP contribution in [0.3, 0.4) is 0 Å². The fraction of sp³-hybridized carbons (Fsp3) is 0.500. The van der Waals surface area contributed by atoms with Gasteiger partial charge in [-0.25, -0.2) is 0 Å². The SMILES string of the molecule is COc1ccc(Cl)cc1CC(O)C(C)C. The number of ether oxygens (including phenoxy) is 1. The fourth-order valence-electron chi connectivity index (χ4n) is 1.37. The summed E-state index contributed by atoms with van der Waals surface area (Å²) in [6.07, 6.45) is 0.207. The first-order valence-electron chi connectivity index (χ1n) is 5.05. The highest BCUT2D eigenvalue weighted by molar-refractivity contribution is 6.30. The van der Waals surface area contributed by atoms with Crippen molar-refractivity contribution in [1.29, 1.82) is 0 Å². The van der Waals surface area contributed by atoms with Gasteiger partial charge in [-0.2, -0.15) is 0 Å². The van der Waals surface area contributed by atoms with Gasteiger partial charge in [-0.05, 0) is 29.7 Å². The van der Waals surface area contributed by atoms with E-state index in [0.29, 0.717) is 11.4 Å². The number of methoxy groups -OCH3 is 1. The summed E-state index contributed by atoms with van der Waals surface area (Å²) < 4.78 is 5.21. The van der Waals surface area contributed by atoms with E-state index in [2.05, 4.69) is 0 Å². The molecule has 0 aliphatic heterocycles. The molecule has 0 heterocycles. The Balaban J connectivity index is 2.87. The summed E-state index contributed by atoms with van der Waals surface area (Å²) in [5.41, 5.74) is 0.950. The molecule has 0 fully saturated rings. The van der Waals surface area contributed by atoms with Crippen LogP contribution in [0.2, 0.25) is 5.02 Å². The molecule has 0 aliphatic rings. The molecule has 0 aromatic heterocycles. The molecular formula is C12H17ClO2. The zero-order valence-electron chi connectivity index (χ0n) is 9.33. The van der Waals surface area contributed by atoms with Gasteiger partial charge in [0.25, 0.3) is 0 Å². The molecule has 15 heavy (non-hydrogen) atoms. The van der Waals surface area contributed by atoms with E-state index in [4.69, 9.17) is 16.3 Å². The maximum absolute atomic E-state index is 9.79. The summed E-state index contributed by atoms with van der Waals surface area (Å²) in [4.78, 5) is 0. The summed E-state index contributed by atoms with van der Waals surface area (Å²) >= 11 is 5.90. The molecule has 2 nitrogen and oxygen atoms in total. The lowest BCUT2D eigenvalue weighted by Crippen LogP contribution is -2.18. The highest BCUT2D eigenvalue weighted by Crippen LogP contribution is 2.25. The molecule has 0 radical (unpaired) electrons. The van der Waals surface area contributed by atoms with Crippen molar-refractivity contribution in [2.75, 3.05) is 7.11 Å². The Labute approximate surface area is 95.8 Å². The average Bonchev–Trinajstić information content (AvgIpc) is 2.18. The Morgan fingerprint density at radius 1 is 1.40 bits per heavy atom. The van der Waals surface area contributed by atoms with Crippen molar-refractivity contribution in [2.24, 2.45) is 5.92 Å². The number of aliphatic hydroxyl groups excluding tert-OH is 1. The van der Waals surface area contributed by atoms with Gasteiger partial charge in [0.15, 0.2) is 0 Å². The van der Waals surface area contributed by atoms with Gasteiger partial charge in [0.2, 0.25) is 0 Å². The quantitative estimate of drug-likeness (QED) is 0.859. The van der Waals surface area contributed by atoms with Crippen LogP contribution in [-0.4, -0.2) is 18.3 Å². The Morgan fingerprint density at radius 2 is 2.07 bits per heavy atom. The number of aliphatic hydroxyl groups is 1. The van der Waals surface area contributed by atoms with Gasteiger partial charge in [-0.1, -0.05) is 25.4 Å². The fourth-order valence-corrected chi connectivity index (χ4v) is 1.56. The smallest absolute Gasteiger partial charge is 0.122 e. The van der Waals surface area contributed by atoms with Crippen LogP contribution >= 0.6 is 11.6 Å². The van der Waals surface area contributed by atoms with Crippen LogP contribution in [0.1, 0.15) is 19.4 Å². The second-order valence-electron chi connectivity index (χ2n) is 3.97. The Hall–Kier alpha value is -0.730. The third kappa shape index (κ3) is 3.40. The van der Waals surface area contributed by atoms with Gasteiger partial charge in [0.1, 0.15) is 5.75 Å². The predicted molar refractivity (Wildman–Crippen MR) is 62.6 cm³/mol. The van der Waals surface area contributed by atoms with Gasteiger partial charge in [0, 0.05) is 11.4 Å². The first kappa shape index (κ1) is 12.3. The highest BCUT2D eigenvalue weighted by Gasteiger charge is 2.13. The van der Waals surface area contributed by atoms with Gasteiger partial charge in [-0.3, -0.25) is 0 Å². The average molecular weight is 229 g/mol. The van der Waals surface area contributed by atoms with Crippen molar-refractivity contribution in [1.82, 2.24) is 0 Å². The Kier molecular flexibility index (Phi) is 4.43. The molecule has 84 valence electrons. The van der Waals surface area contributed by atoms with Crippen LogP contribution in [0, 0.1) is 5.92 Å². The van der Waals surface area contributed by atoms with Crippen molar-refractivity contribution >= 4 is 11.6 Å². The minimum Gasteiger partial charge on any atom is -0.496 e. The van der Waals surface area contributed by atoms with E-state index in [-0.39, 0.29) is 12.0 Å². The molecule has 1 atom stereocenters. The van der Waals surface area contributed by atoms with Crippen molar-refractivity contribution < 1.29 is 9.84 Å². The zero-order chi connectivity index (χ0) is 11.4. The largest absolute Gasteiger partial charge is 0.496 e. The molecule has 0 saturated heterocycles. The molecule has 3 heteroatoms. The molecule has 1 rings (SSSR count). The van der Waals surface area contributed by atoms with E-state index in [1.807, 2.05) is 26.0 Å². The lowest BCUT2D eigenvalue weighted by molar-refractivity contribution is 0.125. The Morgan fingerprint density at radius 3 is 2.60 bits per heavy atom. The summed E-state index contributed by atoms with van der Waals surface area (Å²) in [6, 6.07) is 5.45. The van der Waals surface area contributed by atoms with Gasteiger partial charge in [-0.15, -0.1) is 0 Å². The van der Waals surface area contributed by atoms with Crippen LogP contribution in [0.4, 0.5) is 0 Å². The second kappa shape index (κ2) is 5.38. The molecule has 1 aromatic carbocycles. The minimum absolute atomic E-state index is 0.230. The summed E-state index contributed by atoms with van der Waals surface area (Å²) in [5, 5.41) is 10.5. The van der Waals surface area contributed by atoms with Crippen molar-refractivity contribution in [3.8, 4) is 5.75 Å². The number of rotatable bonds is 4. The standard InChI is InChI=1S/C12H17ClO2/c1-8(2)11(14)7-9-6-10(13)4-5-12(9)15-3/h4-6,8,11,14H,7H2,1-3H3. The van der Waals surface area contributed by atoms with E-state index >= 15 is 0 Å².